The lowest BCUT2D eigenvalue weighted by atomic mass is 9.88. The molecule has 33 heavy (non-hydrogen) atoms. The molecule has 1 unspecified atom stereocenters. The Labute approximate surface area is 187 Å². The van der Waals surface area contributed by atoms with Crippen LogP contribution in [-0.4, -0.2) is 41.2 Å². The number of fused-ring (bicyclic) bond motifs is 1. The molecule has 4 N–H and O–H groups in total. The van der Waals surface area contributed by atoms with Crippen LogP contribution < -0.4 is 20.5 Å². The predicted molar refractivity (Wildman–Crippen MR) is 115 cm³/mol. The van der Waals surface area contributed by atoms with Crippen LogP contribution in [0.5, 0.6) is 11.5 Å². The minimum atomic E-state index is -1.21. The van der Waals surface area contributed by atoms with Gasteiger partial charge in [-0.1, -0.05) is 6.07 Å². The van der Waals surface area contributed by atoms with E-state index in [-0.39, 0.29) is 30.2 Å². The van der Waals surface area contributed by atoms with Crippen molar-refractivity contribution in [1.29, 1.82) is 0 Å². The fraction of sp³-hybridized carbons (Fsp3) is 0.174. The Balaban J connectivity index is 1.85. The van der Waals surface area contributed by atoms with Gasteiger partial charge in [0.05, 0.1) is 18.5 Å². The first-order valence-electron chi connectivity index (χ1n) is 9.92. The molecule has 2 amide bonds. The summed E-state index contributed by atoms with van der Waals surface area (Å²) in [6.45, 7) is -0.332. The van der Waals surface area contributed by atoms with E-state index in [4.69, 9.17) is 15.2 Å². The molecule has 1 aliphatic rings. The number of hydrogen-bond acceptors (Lipinski definition) is 5. The van der Waals surface area contributed by atoms with Crippen molar-refractivity contribution in [3.05, 3.63) is 71.3 Å². The van der Waals surface area contributed by atoms with E-state index in [0.717, 1.165) is 0 Å². The van der Waals surface area contributed by atoms with Crippen LogP contribution in [-0.2, 0) is 9.59 Å². The lowest BCUT2D eigenvalue weighted by Gasteiger charge is -2.26. The Hall–Kier alpha value is -4.34. The summed E-state index contributed by atoms with van der Waals surface area (Å²) in [7, 11) is 1.43. The number of rotatable bonds is 7. The Bertz CT molecular complexity index is 1250. The Kier molecular flexibility index (Phi) is 5.74. The Morgan fingerprint density at radius 3 is 2.58 bits per heavy atom. The molecule has 0 spiro atoms. The molecule has 0 fully saturated rings. The van der Waals surface area contributed by atoms with Crippen molar-refractivity contribution >= 4 is 23.5 Å². The lowest BCUT2D eigenvalue weighted by Crippen LogP contribution is -2.25. The van der Waals surface area contributed by atoms with Crippen LogP contribution in [0.1, 0.15) is 34.0 Å². The number of primary amides is 1. The van der Waals surface area contributed by atoms with Crippen molar-refractivity contribution in [2.24, 2.45) is 5.73 Å². The van der Waals surface area contributed by atoms with Gasteiger partial charge in [-0.15, -0.1) is 0 Å². The first kappa shape index (κ1) is 21.9. The van der Waals surface area contributed by atoms with Gasteiger partial charge >= 0.3 is 5.97 Å². The zero-order chi connectivity index (χ0) is 23.7. The number of carbonyl (C=O) groups excluding carboxylic acids is 2. The number of carboxylic acids is 1. The highest BCUT2D eigenvalue weighted by atomic mass is 19.1. The molecule has 4 rings (SSSR count). The Morgan fingerprint density at radius 2 is 1.94 bits per heavy atom. The number of aromatic carboxylic acids is 1. The molecule has 2 heterocycles. The van der Waals surface area contributed by atoms with Gasteiger partial charge in [0.25, 0.3) is 5.91 Å². The normalized spacial score (nSPS) is 14.8. The van der Waals surface area contributed by atoms with Gasteiger partial charge in [-0.3, -0.25) is 9.59 Å². The van der Waals surface area contributed by atoms with Gasteiger partial charge in [0.1, 0.15) is 11.4 Å². The van der Waals surface area contributed by atoms with Crippen molar-refractivity contribution < 1.29 is 33.4 Å². The summed E-state index contributed by atoms with van der Waals surface area (Å²) in [4.78, 5) is 35.4. The van der Waals surface area contributed by atoms with Crippen molar-refractivity contribution in [2.45, 2.75) is 12.3 Å². The van der Waals surface area contributed by atoms with Crippen LogP contribution in [0.25, 0.3) is 5.69 Å². The van der Waals surface area contributed by atoms with Crippen molar-refractivity contribution in [3.8, 4) is 17.2 Å². The van der Waals surface area contributed by atoms with Gasteiger partial charge in [0.15, 0.2) is 18.1 Å². The summed E-state index contributed by atoms with van der Waals surface area (Å²) in [6, 6.07) is 10.5. The van der Waals surface area contributed by atoms with Crippen LogP contribution in [0.3, 0.4) is 0 Å². The third kappa shape index (κ3) is 4.22. The maximum Gasteiger partial charge on any atom is 0.339 e. The monoisotopic (exact) mass is 453 g/mol. The van der Waals surface area contributed by atoms with E-state index in [1.54, 1.807) is 22.8 Å². The van der Waals surface area contributed by atoms with Gasteiger partial charge in [-0.25, -0.2) is 9.18 Å². The van der Waals surface area contributed by atoms with E-state index < -0.39 is 23.6 Å². The highest BCUT2D eigenvalue weighted by Crippen LogP contribution is 2.43. The summed E-state index contributed by atoms with van der Waals surface area (Å²) in [5.41, 5.74) is 6.96. The van der Waals surface area contributed by atoms with E-state index in [1.165, 1.54) is 37.6 Å². The lowest BCUT2D eigenvalue weighted by molar-refractivity contribution is -0.120. The van der Waals surface area contributed by atoms with Crippen molar-refractivity contribution in [1.82, 2.24) is 4.57 Å². The fourth-order valence-electron chi connectivity index (χ4n) is 3.89. The standard InChI is InChI=1S/C23H20FN3O6/c1-32-18-8-12(2-7-17(18)33-11-19(25)28)15-9-20(29)26-21-16(23(30)31)10-27(22(15)21)14-5-3-13(24)4-6-14/h2-8,10,15H,9,11H2,1H3,(H2,25,28)(H,26,29)(H,30,31). The number of ether oxygens (including phenoxy) is 2. The molecule has 1 atom stereocenters. The molecule has 1 aliphatic heterocycles. The second kappa shape index (κ2) is 8.65. The third-order valence-corrected chi connectivity index (χ3v) is 5.32. The Morgan fingerprint density at radius 1 is 1.21 bits per heavy atom. The number of halogens is 1. The predicted octanol–water partition coefficient (Wildman–Crippen LogP) is 2.66. The molecule has 0 aliphatic carbocycles. The summed E-state index contributed by atoms with van der Waals surface area (Å²) in [5.74, 6) is -2.56. The average molecular weight is 453 g/mol. The first-order chi connectivity index (χ1) is 15.8. The van der Waals surface area contributed by atoms with Crippen molar-refractivity contribution in [3.63, 3.8) is 0 Å². The van der Waals surface area contributed by atoms with Gasteiger partial charge in [0.2, 0.25) is 5.91 Å². The maximum absolute atomic E-state index is 13.5. The number of amides is 2. The quantitative estimate of drug-likeness (QED) is 0.504. The van der Waals surface area contributed by atoms with Gasteiger partial charge in [-0.05, 0) is 42.0 Å². The summed E-state index contributed by atoms with van der Waals surface area (Å²) in [6.07, 6.45) is 1.45. The second-order valence-electron chi connectivity index (χ2n) is 7.42. The molecule has 170 valence electrons. The minimum Gasteiger partial charge on any atom is -0.493 e. The number of carbonyl (C=O) groups is 3. The largest absolute Gasteiger partial charge is 0.493 e. The van der Waals surface area contributed by atoms with Crippen LogP contribution >= 0.6 is 0 Å². The van der Waals surface area contributed by atoms with E-state index in [0.29, 0.717) is 28.4 Å². The number of anilines is 1. The van der Waals surface area contributed by atoms with Gasteiger partial charge < -0.3 is 30.2 Å². The summed E-state index contributed by atoms with van der Waals surface area (Å²) >= 11 is 0. The summed E-state index contributed by atoms with van der Waals surface area (Å²) in [5, 5.41) is 12.4. The molecular weight excluding hydrogens is 433 g/mol. The molecule has 0 saturated heterocycles. The SMILES string of the molecule is COc1cc(C2CC(=O)Nc3c(C(=O)O)cn(-c4ccc(F)cc4)c32)ccc1OCC(N)=O. The number of aromatic nitrogens is 1. The summed E-state index contributed by atoms with van der Waals surface area (Å²) < 4.78 is 25.9. The molecule has 2 aromatic carbocycles. The number of nitrogens with two attached hydrogens (primary N) is 1. The van der Waals surface area contributed by atoms with Crippen LogP contribution in [0.2, 0.25) is 0 Å². The van der Waals surface area contributed by atoms with Gasteiger partial charge in [-0.2, -0.15) is 0 Å². The number of nitrogens with zero attached hydrogens (tertiary/aromatic N) is 1. The second-order valence-corrected chi connectivity index (χ2v) is 7.42. The van der Waals surface area contributed by atoms with E-state index in [1.807, 2.05) is 0 Å². The number of benzene rings is 2. The number of methoxy groups -OCH3 is 1. The average Bonchev–Trinajstić information content (AvgIpc) is 3.17. The molecule has 1 aromatic heterocycles. The van der Waals surface area contributed by atoms with Crippen LogP contribution in [0.15, 0.2) is 48.7 Å². The third-order valence-electron chi connectivity index (χ3n) is 5.32. The number of carboxylic acid groups (broad SMARTS) is 1. The van der Waals surface area contributed by atoms with Crippen LogP contribution in [0, 0.1) is 5.82 Å². The van der Waals surface area contributed by atoms with Crippen LogP contribution in [0.4, 0.5) is 10.1 Å². The van der Waals surface area contributed by atoms with Crippen molar-refractivity contribution in [2.75, 3.05) is 19.0 Å². The molecule has 10 heteroatoms. The molecule has 0 bridgehead atoms. The molecule has 0 saturated carbocycles. The smallest absolute Gasteiger partial charge is 0.339 e. The minimum absolute atomic E-state index is 0.0436. The van der Waals surface area contributed by atoms with Gasteiger partial charge in [0, 0.05) is 24.2 Å². The van der Waals surface area contributed by atoms with E-state index >= 15 is 0 Å². The first-order valence-corrected chi connectivity index (χ1v) is 9.92. The fourth-order valence-corrected chi connectivity index (χ4v) is 3.89. The van der Waals surface area contributed by atoms with E-state index in [2.05, 4.69) is 5.32 Å². The highest BCUT2D eigenvalue weighted by molar-refractivity contribution is 6.04. The number of hydrogen-bond donors (Lipinski definition) is 3. The highest BCUT2D eigenvalue weighted by Gasteiger charge is 2.34. The zero-order valence-electron chi connectivity index (χ0n) is 17.5. The van der Waals surface area contributed by atoms with E-state index in [9.17, 15) is 23.9 Å². The zero-order valence-corrected chi connectivity index (χ0v) is 17.5. The number of nitrogens with one attached hydrogen (secondary N) is 1. The molecule has 3 aromatic rings. The molecule has 9 nitrogen and oxygen atoms in total. The topological polar surface area (TPSA) is 133 Å². The maximum atomic E-state index is 13.5. The molecular formula is C23H20FN3O6. The molecule has 0 radical (unpaired) electrons.